The number of ether oxygens (including phenoxy) is 3. The summed E-state index contributed by atoms with van der Waals surface area (Å²) < 4.78 is 15.6. The summed E-state index contributed by atoms with van der Waals surface area (Å²) in [6.07, 6.45) is 0.254. The highest BCUT2D eigenvalue weighted by molar-refractivity contribution is 6.11. The van der Waals surface area contributed by atoms with Crippen LogP contribution in [0.5, 0.6) is 0 Å². The van der Waals surface area contributed by atoms with E-state index in [1.54, 1.807) is 30.2 Å². The lowest BCUT2D eigenvalue weighted by Gasteiger charge is -2.24. The lowest BCUT2D eigenvalue weighted by molar-refractivity contribution is -0.123. The first-order chi connectivity index (χ1) is 11.2. The Morgan fingerprint density at radius 1 is 1.17 bits per heavy atom. The molecule has 0 aliphatic carbocycles. The Kier molecular flexibility index (Phi) is 4.61. The third-order valence-corrected chi connectivity index (χ3v) is 4.18. The number of anilines is 1. The Balaban J connectivity index is 1.95. The van der Waals surface area contributed by atoms with E-state index in [1.165, 1.54) is 12.0 Å². The number of carbonyl (C=O) groups excluding carboxylic acids is 2. The molecule has 3 rings (SSSR count). The molecule has 1 aromatic rings. The molecule has 1 fully saturated rings. The first kappa shape index (κ1) is 15.9. The zero-order valence-electron chi connectivity index (χ0n) is 13.2. The van der Waals surface area contributed by atoms with Gasteiger partial charge in [0.05, 0.1) is 17.4 Å². The fourth-order valence-corrected chi connectivity index (χ4v) is 3.15. The van der Waals surface area contributed by atoms with Crippen molar-refractivity contribution >= 4 is 17.5 Å². The number of benzene rings is 1. The maximum absolute atomic E-state index is 12.9. The van der Waals surface area contributed by atoms with E-state index >= 15 is 0 Å². The minimum Gasteiger partial charge on any atom is -0.364 e. The average molecular weight is 320 g/mol. The van der Waals surface area contributed by atoms with Crippen LogP contribution in [-0.2, 0) is 19.0 Å². The number of rotatable bonds is 5. The van der Waals surface area contributed by atoms with Crippen LogP contribution in [0.15, 0.2) is 24.3 Å². The Hall–Kier alpha value is -1.96. The summed E-state index contributed by atoms with van der Waals surface area (Å²) in [7, 11) is 3.07. The van der Waals surface area contributed by atoms with Gasteiger partial charge in [-0.15, -0.1) is 0 Å². The molecule has 0 saturated carbocycles. The molecule has 0 bridgehead atoms. The van der Waals surface area contributed by atoms with Gasteiger partial charge in [0.25, 0.3) is 11.8 Å². The number of carbonyl (C=O) groups is 2. The predicted molar refractivity (Wildman–Crippen MR) is 82.0 cm³/mol. The molecule has 7 heteroatoms. The largest absolute Gasteiger partial charge is 0.364 e. The van der Waals surface area contributed by atoms with Crippen LogP contribution >= 0.6 is 0 Å². The number of methoxy groups -OCH3 is 2. The van der Waals surface area contributed by atoms with E-state index in [9.17, 15) is 9.59 Å². The molecule has 0 N–H and O–H groups in total. The van der Waals surface area contributed by atoms with Crippen LogP contribution in [0.1, 0.15) is 16.8 Å². The van der Waals surface area contributed by atoms with E-state index in [2.05, 4.69) is 0 Å². The second-order valence-corrected chi connectivity index (χ2v) is 5.61. The van der Waals surface area contributed by atoms with Gasteiger partial charge >= 0.3 is 0 Å². The van der Waals surface area contributed by atoms with Gasteiger partial charge in [0, 0.05) is 27.2 Å². The average Bonchev–Trinajstić information content (AvgIpc) is 2.98. The first-order valence-corrected chi connectivity index (χ1v) is 7.48. The minimum atomic E-state index is -0.535. The van der Waals surface area contributed by atoms with Gasteiger partial charge in [0.1, 0.15) is 19.6 Å². The van der Waals surface area contributed by atoms with E-state index in [0.29, 0.717) is 24.2 Å². The molecule has 2 aliphatic heterocycles. The fourth-order valence-electron chi connectivity index (χ4n) is 3.15. The van der Waals surface area contributed by atoms with Gasteiger partial charge in [-0.2, -0.15) is 0 Å². The molecule has 1 aromatic carbocycles. The lowest BCUT2D eigenvalue weighted by atomic mass is 10.1. The fraction of sp³-hybridized carbons (Fsp3) is 0.500. The monoisotopic (exact) mass is 320 g/mol. The highest BCUT2D eigenvalue weighted by Gasteiger charge is 2.45. The number of nitrogens with zero attached hydrogens (tertiary/aromatic N) is 2. The summed E-state index contributed by atoms with van der Waals surface area (Å²) in [5.41, 5.74) is 1.10. The SMILES string of the molecule is COCO[C@@H]1C[C@H]2C(=O)N(COC)c3ccccc3C(=O)N2C1. The van der Waals surface area contributed by atoms with Gasteiger partial charge in [0.15, 0.2) is 0 Å². The molecule has 0 spiro atoms. The van der Waals surface area contributed by atoms with E-state index < -0.39 is 6.04 Å². The summed E-state index contributed by atoms with van der Waals surface area (Å²) >= 11 is 0. The summed E-state index contributed by atoms with van der Waals surface area (Å²) in [4.78, 5) is 28.9. The van der Waals surface area contributed by atoms with Crippen molar-refractivity contribution in [3.05, 3.63) is 29.8 Å². The maximum atomic E-state index is 12.9. The standard InChI is InChI=1S/C16H20N2O5/c1-21-9-18-13-6-4-3-5-12(13)15(19)17-8-11(23-10-22-2)7-14(17)16(18)20/h3-6,11,14H,7-10H2,1-2H3/t11-,14+/m1/s1. The highest BCUT2D eigenvalue weighted by Crippen LogP contribution is 2.33. The van der Waals surface area contributed by atoms with Crippen molar-refractivity contribution in [3.63, 3.8) is 0 Å². The summed E-state index contributed by atoms with van der Waals surface area (Å²) in [6, 6.07) is 6.57. The maximum Gasteiger partial charge on any atom is 0.256 e. The van der Waals surface area contributed by atoms with Gasteiger partial charge in [-0.1, -0.05) is 12.1 Å². The molecular formula is C16H20N2O5. The van der Waals surface area contributed by atoms with Crippen LogP contribution in [0.3, 0.4) is 0 Å². The second-order valence-electron chi connectivity index (χ2n) is 5.61. The van der Waals surface area contributed by atoms with Crippen molar-refractivity contribution in [1.29, 1.82) is 0 Å². The Morgan fingerprint density at radius 3 is 2.70 bits per heavy atom. The van der Waals surface area contributed by atoms with Crippen molar-refractivity contribution in [2.24, 2.45) is 0 Å². The Bertz CT molecular complexity index is 606. The second kappa shape index (κ2) is 6.66. The third-order valence-electron chi connectivity index (χ3n) is 4.18. The number of hydrogen-bond donors (Lipinski definition) is 0. The van der Waals surface area contributed by atoms with Crippen LogP contribution in [0.25, 0.3) is 0 Å². The van der Waals surface area contributed by atoms with Gasteiger partial charge in [-0.3, -0.25) is 14.5 Å². The zero-order valence-corrected chi connectivity index (χ0v) is 13.2. The molecule has 0 aromatic heterocycles. The Morgan fingerprint density at radius 2 is 1.96 bits per heavy atom. The number of hydrogen-bond acceptors (Lipinski definition) is 5. The van der Waals surface area contributed by atoms with Gasteiger partial charge in [0.2, 0.25) is 0 Å². The van der Waals surface area contributed by atoms with E-state index in [1.807, 2.05) is 6.07 Å². The minimum absolute atomic E-state index is 0.108. The van der Waals surface area contributed by atoms with E-state index in [0.717, 1.165) is 0 Å². The van der Waals surface area contributed by atoms with E-state index in [-0.39, 0.29) is 31.4 Å². The molecule has 1 saturated heterocycles. The molecule has 7 nitrogen and oxygen atoms in total. The first-order valence-electron chi connectivity index (χ1n) is 7.48. The molecular weight excluding hydrogens is 300 g/mol. The van der Waals surface area contributed by atoms with Crippen LogP contribution in [0.2, 0.25) is 0 Å². The van der Waals surface area contributed by atoms with Crippen molar-refractivity contribution in [2.75, 3.05) is 39.2 Å². The smallest absolute Gasteiger partial charge is 0.256 e. The van der Waals surface area contributed by atoms with Gasteiger partial charge in [-0.25, -0.2) is 0 Å². The van der Waals surface area contributed by atoms with Crippen molar-refractivity contribution in [3.8, 4) is 0 Å². The third kappa shape index (κ3) is 2.83. The molecule has 0 radical (unpaired) electrons. The van der Waals surface area contributed by atoms with Gasteiger partial charge in [-0.05, 0) is 12.1 Å². The highest BCUT2D eigenvalue weighted by atomic mass is 16.7. The van der Waals surface area contributed by atoms with Crippen LogP contribution in [0.4, 0.5) is 5.69 Å². The van der Waals surface area contributed by atoms with Crippen molar-refractivity contribution < 1.29 is 23.8 Å². The van der Waals surface area contributed by atoms with Gasteiger partial charge < -0.3 is 19.1 Å². The van der Waals surface area contributed by atoms with E-state index in [4.69, 9.17) is 14.2 Å². The van der Waals surface area contributed by atoms with Crippen molar-refractivity contribution in [2.45, 2.75) is 18.6 Å². The number of fused-ring (bicyclic) bond motifs is 2. The zero-order chi connectivity index (χ0) is 16.4. The molecule has 2 aliphatic rings. The van der Waals surface area contributed by atoms with Crippen LogP contribution in [-0.4, -0.2) is 63.1 Å². The molecule has 0 unspecified atom stereocenters. The topological polar surface area (TPSA) is 68.3 Å². The van der Waals surface area contributed by atoms with Crippen molar-refractivity contribution in [1.82, 2.24) is 4.90 Å². The lowest BCUT2D eigenvalue weighted by Crippen LogP contribution is -2.45. The molecule has 2 atom stereocenters. The van der Waals surface area contributed by atoms with Crippen LogP contribution in [0, 0.1) is 0 Å². The van der Waals surface area contributed by atoms with Crippen LogP contribution < -0.4 is 4.90 Å². The summed E-state index contributed by atoms with van der Waals surface area (Å²) in [5, 5.41) is 0. The normalized spacial score (nSPS) is 23.7. The molecule has 2 amide bonds. The molecule has 124 valence electrons. The summed E-state index contributed by atoms with van der Waals surface area (Å²) in [6.45, 7) is 0.636. The predicted octanol–water partition coefficient (Wildman–Crippen LogP) is 0.841. The number of para-hydroxylation sites is 1. The molecule has 2 heterocycles. The number of amides is 2. The quantitative estimate of drug-likeness (QED) is 0.752. The summed E-state index contributed by atoms with van der Waals surface area (Å²) in [5.74, 6) is -0.297. The Labute approximate surface area is 134 Å². The molecule has 23 heavy (non-hydrogen) atoms.